The second kappa shape index (κ2) is 5.32. The van der Waals surface area contributed by atoms with E-state index in [0.717, 1.165) is 0 Å². The van der Waals surface area contributed by atoms with Crippen molar-refractivity contribution in [1.82, 2.24) is 4.72 Å². The topological polar surface area (TPSA) is 59.3 Å². The first-order valence-electron chi connectivity index (χ1n) is 5.30. The molecule has 18 heavy (non-hydrogen) atoms. The van der Waals surface area contributed by atoms with Gasteiger partial charge in [0.2, 0.25) is 10.0 Å². The second-order valence-electron chi connectivity index (χ2n) is 3.75. The van der Waals surface area contributed by atoms with Gasteiger partial charge in [-0.05, 0) is 18.2 Å². The molecule has 0 spiro atoms. The Labute approximate surface area is 104 Å². The van der Waals surface area contributed by atoms with Crippen molar-refractivity contribution < 1.29 is 17.2 Å². The Hall–Kier alpha value is -1.66. The summed E-state index contributed by atoms with van der Waals surface area (Å²) in [7, 11) is -3.58. The van der Waals surface area contributed by atoms with E-state index in [1.165, 1.54) is 24.5 Å². The molecule has 0 aliphatic rings. The van der Waals surface area contributed by atoms with Gasteiger partial charge in [-0.25, -0.2) is 17.5 Å². The van der Waals surface area contributed by atoms with Crippen molar-refractivity contribution in [3.05, 3.63) is 59.8 Å². The highest BCUT2D eigenvalue weighted by Gasteiger charge is 2.14. The number of halogens is 1. The molecule has 1 aromatic carbocycles. The maximum atomic E-state index is 13.3. The summed E-state index contributed by atoms with van der Waals surface area (Å²) in [5, 5.41) is 0. The van der Waals surface area contributed by atoms with Gasteiger partial charge in [0.1, 0.15) is 11.6 Å². The SMILES string of the molecule is O=S(=O)(Cc1ccccc1F)NCc1ccco1. The number of furan rings is 1. The van der Waals surface area contributed by atoms with Crippen molar-refractivity contribution in [2.45, 2.75) is 12.3 Å². The first kappa shape index (κ1) is 12.8. The summed E-state index contributed by atoms with van der Waals surface area (Å²) in [5.74, 6) is -0.409. The maximum absolute atomic E-state index is 13.3. The zero-order valence-electron chi connectivity index (χ0n) is 9.47. The van der Waals surface area contributed by atoms with Crippen molar-refractivity contribution in [2.75, 3.05) is 0 Å². The third-order valence-corrected chi connectivity index (χ3v) is 3.62. The summed E-state index contributed by atoms with van der Waals surface area (Å²) >= 11 is 0. The highest BCUT2D eigenvalue weighted by Crippen LogP contribution is 2.10. The van der Waals surface area contributed by atoms with Crippen LogP contribution in [0.4, 0.5) is 4.39 Å². The maximum Gasteiger partial charge on any atom is 0.216 e. The lowest BCUT2D eigenvalue weighted by atomic mass is 10.2. The molecule has 0 fully saturated rings. The van der Waals surface area contributed by atoms with Gasteiger partial charge in [-0.3, -0.25) is 0 Å². The summed E-state index contributed by atoms with van der Waals surface area (Å²) in [6, 6.07) is 9.12. The quantitative estimate of drug-likeness (QED) is 0.903. The van der Waals surface area contributed by atoms with Gasteiger partial charge in [-0.1, -0.05) is 18.2 Å². The van der Waals surface area contributed by atoms with Gasteiger partial charge in [-0.15, -0.1) is 0 Å². The third kappa shape index (κ3) is 3.41. The summed E-state index contributed by atoms with van der Waals surface area (Å²) in [5.41, 5.74) is 0.143. The van der Waals surface area contributed by atoms with Crippen LogP contribution in [0.15, 0.2) is 47.1 Å². The minimum absolute atomic E-state index is 0.0593. The lowest BCUT2D eigenvalue weighted by Gasteiger charge is -2.06. The number of hydrogen-bond acceptors (Lipinski definition) is 3. The minimum Gasteiger partial charge on any atom is -0.468 e. The number of nitrogens with one attached hydrogen (secondary N) is 1. The fourth-order valence-electron chi connectivity index (χ4n) is 1.47. The molecule has 0 aliphatic heterocycles. The van der Waals surface area contributed by atoms with E-state index >= 15 is 0 Å². The van der Waals surface area contributed by atoms with Gasteiger partial charge in [0.05, 0.1) is 18.6 Å². The number of rotatable bonds is 5. The van der Waals surface area contributed by atoms with E-state index in [0.29, 0.717) is 5.76 Å². The molecule has 0 amide bonds. The molecule has 1 heterocycles. The molecule has 1 N–H and O–H groups in total. The van der Waals surface area contributed by atoms with Crippen LogP contribution in [0.2, 0.25) is 0 Å². The molecule has 0 saturated heterocycles. The van der Waals surface area contributed by atoms with E-state index in [-0.39, 0.29) is 17.9 Å². The monoisotopic (exact) mass is 269 g/mol. The van der Waals surface area contributed by atoms with Crippen LogP contribution in [-0.4, -0.2) is 8.42 Å². The Kier molecular flexibility index (Phi) is 3.78. The van der Waals surface area contributed by atoms with Crippen LogP contribution < -0.4 is 4.72 Å². The molecule has 0 bridgehead atoms. The fraction of sp³-hybridized carbons (Fsp3) is 0.167. The van der Waals surface area contributed by atoms with Crippen LogP contribution in [0.25, 0.3) is 0 Å². The van der Waals surface area contributed by atoms with Gasteiger partial charge in [-0.2, -0.15) is 0 Å². The van der Waals surface area contributed by atoms with Crippen LogP contribution in [0.5, 0.6) is 0 Å². The molecule has 2 aromatic rings. The average molecular weight is 269 g/mol. The average Bonchev–Trinajstić information content (AvgIpc) is 2.83. The molecular weight excluding hydrogens is 257 g/mol. The Morgan fingerprint density at radius 3 is 2.61 bits per heavy atom. The fourth-order valence-corrected chi connectivity index (χ4v) is 2.57. The van der Waals surface area contributed by atoms with Crippen molar-refractivity contribution in [3.63, 3.8) is 0 Å². The van der Waals surface area contributed by atoms with Gasteiger partial charge < -0.3 is 4.42 Å². The lowest BCUT2D eigenvalue weighted by molar-refractivity contribution is 0.498. The van der Waals surface area contributed by atoms with Crippen LogP contribution in [0.3, 0.4) is 0 Å². The van der Waals surface area contributed by atoms with Crippen molar-refractivity contribution in [3.8, 4) is 0 Å². The van der Waals surface area contributed by atoms with Crippen molar-refractivity contribution in [2.24, 2.45) is 0 Å². The van der Waals surface area contributed by atoms with Gasteiger partial charge in [0.25, 0.3) is 0 Å². The van der Waals surface area contributed by atoms with Crippen molar-refractivity contribution >= 4 is 10.0 Å². The zero-order chi connectivity index (χ0) is 13.0. The van der Waals surface area contributed by atoms with E-state index in [1.54, 1.807) is 18.2 Å². The molecular formula is C12H12FNO3S. The Balaban J connectivity index is 2.02. The normalized spacial score (nSPS) is 11.6. The third-order valence-electron chi connectivity index (χ3n) is 2.35. The molecule has 0 radical (unpaired) electrons. The van der Waals surface area contributed by atoms with Crippen LogP contribution in [0.1, 0.15) is 11.3 Å². The molecule has 0 aliphatic carbocycles. The lowest BCUT2D eigenvalue weighted by Crippen LogP contribution is -2.24. The van der Waals surface area contributed by atoms with E-state index in [4.69, 9.17) is 4.42 Å². The predicted octanol–water partition coefficient (Wildman–Crippen LogP) is 2.04. The molecule has 4 nitrogen and oxygen atoms in total. The molecule has 1 aromatic heterocycles. The van der Waals surface area contributed by atoms with E-state index < -0.39 is 15.8 Å². The highest BCUT2D eigenvalue weighted by atomic mass is 32.2. The molecule has 0 unspecified atom stereocenters. The molecule has 0 atom stereocenters. The van der Waals surface area contributed by atoms with Crippen LogP contribution >= 0.6 is 0 Å². The van der Waals surface area contributed by atoms with E-state index in [2.05, 4.69) is 4.72 Å². The smallest absolute Gasteiger partial charge is 0.216 e. The van der Waals surface area contributed by atoms with E-state index in [9.17, 15) is 12.8 Å². The Bertz CT molecular complexity index is 608. The predicted molar refractivity (Wildman–Crippen MR) is 64.6 cm³/mol. The van der Waals surface area contributed by atoms with Crippen molar-refractivity contribution in [1.29, 1.82) is 0 Å². The van der Waals surface area contributed by atoms with Crippen LogP contribution in [-0.2, 0) is 22.3 Å². The Morgan fingerprint density at radius 2 is 1.94 bits per heavy atom. The summed E-state index contributed by atoms with van der Waals surface area (Å²) in [6.45, 7) is 0.0593. The van der Waals surface area contributed by atoms with E-state index in [1.807, 2.05) is 0 Å². The standard InChI is InChI=1S/C12H12FNO3S/c13-12-6-2-1-4-10(12)9-18(15,16)14-8-11-5-3-7-17-11/h1-7,14H,8-9H2. The zero-order valence-corrected chi connectivity index (χ0v) is 10.3. The second-order valence-corrected chi connectivity index (χ2v) is 5.56. The minimum atomic E-state index is -3.58. The number of sulfonamides is 1. The number of hydrogen-bond donors (Lipinski definition) is 1. The van der Waals surface area contributed by atoms with Gasteiger partial charge in [0, 0.05) is 5.56 Å². The Morgan fingerprint density at radius 1 is 1.17 bits per heavy atom. The first-order valence-corrected chi connectivity index (χ1v) is 6.95. The molecule has 2 rings (SSSR count). The summed E-state index contributed by atoms with van der Waals surface area (Å²) in [4.78, 5) is 0. The molecule has 0 saturated carbocycles. The highest BCUT2D eigenvalue weighted by molar-refractivity contribution is 7.88. The first-order chi connectivity index (χ1) is 8.57. The molecule has 96 valence electrons. The molecule has 6 heteroatoms. The summed E-state index contributed by atoms with van der Waals surface area (Å²) < 4.78 is 44.1. The number of benzene rings is 1. The largest absolute Gasteiger partial charge is 0.468 e. The van der Waals surface area contributed by atoms with Gasteiger partial charge >= 0.3 is 0 Å². The van der Waals surface area contributed by atoms with Gasteiger partial charge in [0.15, 0.2) is 0 Å². The van der Waals surface area contributed by atoms with Crippen LogP contribution in [0, 0.1) is 5.82 Å². The summed E-state index contributed by atoms with van der Waals surface area (Å²) in [6.07, 6.45) is 1.46.